The number of ether oxygens (including phenoxy) is 1. The molecule has 2 amide bonds. The van der Waals surface area contributed by atoms with Crippen molar-refractivity contribution in [3.63, 3.8) is 0 Å². The Balaban J connectivity index is 1.70. The lowest BCUT2D eigenvalue weighted by molar-refractivity contribution is -0.275. The van der Waals surface area contributed by atoms with Gasteiger partial charge < -0.3 is 15.0 Å². The standard InChI is InChI=1S/C20H19F3N2O3/c1-25(12-15-5-2-3-8-17(15)28-20(21,22)23)19(27)14-6-4-7-16(11-14)24-18(26)13-9-10-13/h2-8,11,13H,9-10,12H2,1H3,(H,24,26). The maximum atomic E-state index is 12.7. The summed E-state index contributed by atoms with van der Waals surface area (Å²) in [4.78, 5) is 25.8. The molecule has 0 unspecified atom stereocenters. The highest BCUT2D eigenvalue weighted by Gasteiger charge is 2.32. The van der Waals surface area contributed by atoms with Gasteiger partial charge in [-0.3, -0.25) is 9.59 Å². The van der Waals surface area contributed by atoms with Crippen LogP contribution in [0, 0.1) is 5.92 Å². The van der Waals surface area contributed by atoms with Crippen molar-refractivity contribution in [2.75, 3.05) is 12.4 Å². The van der Waals surface area contributed by atoms with Gasteiger partial charge in [-0.1, -0.05) is 24.3 Å². The SMILES string of the molecule is CN(Cc1ccccc1OC(F)(F)F)C(=O)c1cccc(NC(=O)C2CC2)c1. The van der Waals surface area contributed by atoms with Crippen molar-refractivity contribution in [2.45, 2.75) is 25.7 Å². The Morgan fingerprint density at radius 1 is 1.14 bits per heavy atom. The number of hydrogen-bond acceptors (Lipinski definition) is 3. The second-order valence-electron chi connectivity index (χ2n) is 6.66. The first-order valence-electron chi connectivity index (χ1n) is 8.73. The molecule has 1 aliphatic rings. The van der Waals surface area contributed by atoms with E-state index in [1.807, 2.05) is 0 Å². The second kappa shape index (κ2) is 7.92. The Hall–Kier alpha value is -3.03. The molecule has 1 N–H and O–H groups in total. The van der Waals surface area contributed by atoms with Crippen LogP contribution in [0.15, 0.2) is 48.5 Å². The van der Waals surface area contributed by atoms with Crippen molar-refractivity contribution in [1.82, 2.24) is 4.90 Å². The molecule has 3 rings (SSSR count). The van der Waals surface area contributed by atoms with Crippen LogP contribution < -0.4 is 10.1 Å². The molecule has 0 aromatic heterocycles. The van der Waals surface area contributed by atoms with Gasteiger partial charge in [0.05, 0.1) is 0 Å². The fraction of sp³-hybridized carbons (Fsp3) is 0.300. The van der Waals surface area contributed by atoms with Crippen molar-refractivity contribution in [3.05, 3.63) is 59.7 Å². The number of para-hydroxylation sites is 1. The van der Waals surface area contributed by atoms with E-state index in [1.54, 1.807) is 30.3 Å². The van der Waals surface area contributed by atoms with Gasteiger partial charge in [0, 0.05) is 36.3 Å². The maximum absolute atomic E-state index is 12.7. The van der Waals surface area contributed by atoms with Gasteiger partial charge in [0.25, 0.3) is 5.91 Å². The average molecular weight is 392 g/mol. The number of alkyl halides is 3. The van der Waals surface area contributed by atoms with Crippen molar-refractivity contribution in [3.8, 4) is 5.75 Å². The molecule has 0 aliphatic heterocycles. The summed E-state index contributed by atoms with van der Waals surface area (Å²) in [5.41, 5.74) is 1.07. The number of benzene rings is 2. The predicted molar refractivity (Wildman–Crippen MR) is 96.7 cm³/mol. The van der Waals surface area contributed by atoms with Gasteiger partial charge in [-0.25, -0.2) is 0 Å². The van der Waals surface area contributed by atoms with Crippen LogP contribution >= 0.6 is 0 Å². The summed E-state index contributed by atoms with van der Waals surface area (Å²) in [5, 5.41) is 2.77. The van der Waals surface area contributed by atoms with Crippen LogP contribution in [0.3, 0.4) is 0 Å². The third-order valence-electron chi connectivity index (χ3n) is 4.28. The molecule has 0 radical (unpaired) electrons. The summed E-state index contributed by atoms with van der Waals surface area (Å²) in [6.45, 7) is -0.0657. The molecule has 1 saturated carbocycles. The Kier molecular flexibility index (Phi) is 5.58. The molecule has 2 aromatic rings. The number of carbonyl (C=O) groups excluding carboxylic acids is 2. The maximum Gasteiger partial charge on any atom is 0.573 e. The summed E-state index contributed by atoms with van der Waals surface area (Å²) in [5.74, 6) is -0.771. The molecule has 148 valence electrons. The summed E-state index contributed by atoms with van der Waals surface area (Å²) >= 11 is 0. The van der Waals surface area contributed by atoms with E-state index in [-0.39, 0.29) is 35.6 Å². The minimum atomic E-state index is -4.81. The molecule has 1 aliphatic carbocycles. The quantitative estimate of drug-likeness (QED) is 0.801. The number of hydrogen-bond donors (Lipinski definition) is 1. The first-order valence-corrected chi connectivity index (χ1v) is 8.73. The smallest absolute Gasteiger partial charge is 0.405 e. The molecule has 0 atom stereocenters. The van der Waals surface area contributed by atoms with E-state index in [0.717, 1.165) is 12.8 Å². The Labute approximate surface area is 160 Å². The van der Waals surface area contributed by atoms with E-state index < -0.39 is 6.36 Å². The average Bonchev–Trinajstić information content (AvgIpc) is 3.47. The molecular weight excluding hydrogens is 373 g/mol. The van der Waals surface area contributed by atoms with Crippen LogP contribution in [-0.2, 0) is 11.3 Å². The second-order valence-corrected chi connectivity index (χ2v) is 6.66. The minimum Gasteiger partial charge on any atom is -0.405 e. The van der Waals surface area contributed by atoms with Crippen LogP contribution in [0.25, 0.3) is 0 Å². The van der Waals surface area contributed by atoms with E-state index in [0.29, 0.717) is 11.3 Å². The predicted octanol–water partition coefficient (Wildman–Crippen LogP) is 4.21. The van der Waals surface area contributed by atoms with E-state index in [1.165, 1.54) is 30.1 Å². The number of halogens is 3. The van der Waals surface area contributed by atoms with Crippen LogP contribution in [0.4, 0.5) is 18.9 Å². The summed E-state index contributed by atoms with van der Waals surface area (Å²) in [7, 11) is 1.49. The van der Waals surface area contributed by atoms with Gasteiger partial charge in [0.2, 0.25) is 5.91 Å². The topological polar surface area (TPSA) is 58.6 Å². The number of nitrogens with one attached hydrogen (secondary N) is 1. The normalized spacial score (nSPS) is 13.7. The summed E-state index contributed by atoms with van der Waals surface area (Å²) in [6, 6.07) is 12.1. The highest BCUT2D eigenvalue weighted by atomic mass is 19.4. The van der Waals surface area contributed by atoms with Crippen molar-refractivity contribution in [1.29, 1.82) is 0 Å². The van der Waals surface area contributed by atoms with Crippen LogP contribution in [0.2, 0.25) is 0 Å². The molecule has 5 nitrogen and oxygen atoms in total. The van der Waals surface area contributed by atoms with Gasteiger partial charge in [-0.2, -0.15) is 0 Å². The molecule has 0 bridgehead atoms. The number of anilines is 1. The number of amides is 2. The van der Waals surface area contributed by atoms with E-state index in [4.69, 9.17) is 0 Å². The first kappa shape index (κ1) is 19.7. The zero-order chi connectivity index (χ0) is 20.3. The van der Waals surface area contributed by atoms with Gasteiger partial charge in [0.1, 0.15) is 5.75 Å². The van der Waals surface area contributed by atoms with Crippen LogP contribution in [0.5, 0.6) is 5.75 Å². The number of carbonyl (C=O) groups is 2. The summed E-state index contributed by atoms with van der Waals surface area (Å²) < 4.78 is 41.7. The molecule has 1 fully saturated rings. The third kappa shape index (κ3) is 5.25. The van der Waals surface area contributed by atoms with Crippen LogP contribution in [0.1, 0.15) is 28.8 Å². The van der Waals surface area contributed by atoms with E-state index >= 15 is 0 Å². The molecule has 0 spiro atoms. The number of rotatable bonds is 6. The van der Waals surface area contributed by atoms with Crippen molar-refractivity contribution < 1.29 is 27.5 Å². The van der Waals surface area contributed by atoms with E-state index in [9.17, 15) is 22.8 Å². The highest BCUT2D eigenvalue weighted by Crippen LogP contribution is 2.30. The Morgan fingerprint density at radius 3 is 2.54 bits per heavy atom. The van der Waals surface area contributed by atoms with Crippen LogP contribution in [-0.4, -0.2) is 30.1 Å². The molecule has 0 saturated heterocycles. The fourth-order valence-electron chi connectivity index (χ4n) is 2.73. The molecule has 0 heterocycles. The summed E-state index contributed by atoms with van der Waals surface area (Å²) in [6.07, 6.45) is -3.08. The fourth-order valence-corrected chi connectivity index (χ4v) is 2.73. The van der Waals surface area contributed by atoms with Gasteiger partial charge in [0.15, 0.2) is 0 Å². The molecular formula is C20H19F3N2O3. The lowest BCUT2D eigenvalue weighted by Gasteiger charge is -2.20. The van der Waals surface area contributed by atoms with Gasteiger partial charge >= 0.3 is 6.36 Å². The van der Waals surface area contributed by atoms with Gasteiger partial charge in [-0.05, 0) is 37.1 Å². The Morgan fingerprint density at radius 2 is 1.86 bits per heavy atom. The number of nitrogens with zero attached hydrogens (tertiary/aromatic N) is 1. The third-order valence-corrected chi connectivity index (χ3v) is 4.28. The first-order chi connectivity index (χ1) is 13.2. The monoisotopic (exact) mass is 392 g/mol. The highest BCUT2D eigenvalue weighted by molar-refractivity contribution is 5.98. The molecule has 28 heavy (non-hydrogen) atoms. The lowest BCUT2D eigenvalue weighted by atomic mass is 10.1. The largest absolute Gasteiger partial charge is 0.573 e. The van der Waals surface area contributed by atoms with Gasteiger partial charge in [-0.15, -0.1) is 13.2 Å². The minimum absolute atomic E-state index is 0.0344. The lowest BCUT2D eigenvalue weighted by Crippen LogP contribution is -2.27. The zero-order valence-corrected chi connectivity index (χ0v) is 15.1. The molecule has 2 aromatic carbocycles. The van der Waals surface area contributed by atoms with Crippen molar-refractivity contribution >= 4 is 17.5 Å². The zero-order valence-electron chi connectivity index (χ0n) is 15.1. The van der Waals surface area contributed by atoms with E-state index in [2.05, 4.69) is 10.1 Å². The Bertz CT molecular complexity index is 879. The van der Waals surface area contributed by atoms with Crippen molar-refractivity contribution in [2.24, 2.45) is 5.92 Å². The molecule has 8 heteroatoms.